The molecule has 3 heteroatoms. The van der Waals surface area contributed by atoms with Crippen LogP contribution in [0.15, 0.2) is 22.8 Å². The molecule has 0 aromatic rings. The van der Waals surface area contributed by atoms with Crippen LogP contribution in [0.5, 0.6) is 0 Å². The van der Waals surface area contributed by atoms with Gasteiger partial charge in [-0.05, 0) is 48.2 Å². The number of Topliss-reactive ketones (excluding diaryl/α,β-unsaturated/α-hetero) is 2. The second-order valence-corrected chi connectivity index (χ2v) is 8.81. The zero-order chi connectivity index (χ0) is 17.2. The average Bonchev–Trinajstić information content (AvgIpc) is 2.43. The zero-order valence-electron chi connectivity index (χ0n) is 14.9. The van der Waals surface area contributed by atoms with E-state index in [1.54, 1.807) is 0 Å². The number of aliphatic hydroxyl groups is 1. The van der Waals surface area contributed by atoms with E-state index in [4.69, 9.17) is 0 Å². The molecule has 23 heavy (non-hydrogen) atoms. The number of allylic oxidation sites excluding steroid dienone is 2. The lowest BCUT2D eigenvalue weighted by Gasteiger charge is -2.55. The maximum Gasteiger partial charge on any atom is 0.230 e. The van der Waals surface area contributed by atoms with Crippen molar-refractivity contribution in [3.05, 3.63) is 22.8 Å². The van der Waals surface area contributed by atoms with Gasteiger partial charge in [0.25, 0.3) is 0 Å². The smallest absolute Gasteiger partial charge is 0.230 e. The standard InChI is InChI=1S/C20H28O3/c1-11(2)12-9-13-14(21)10-15-19(3,4)7-6-8-20(15,5)16(13)18(23)17(12)22/h9,11,14-15,21H,6-8,10H2,1-5H3. The number of fused-ring (bicyclic) bond motifs is 2. The van der Waals surface area contributed by atoms with Crippen LogP contribution >= 0.6 is 0 Å². The Morgan fingerprint density at radius 2 is 1.78 bits per heavy atom. The summed E-state index contributed by atoms with van der Waals surface area (Å²) in [6, 6.07) is 0. The number of hydrogen-bond acceptors (Lipinski definition) is 3. The van der Waals surface area contributed by atoms with Gasteiger partial charge in [0.2, 0.25) is 11.6 Å². The minimum absolute atomic E-state index is 0.000950. The molecular weight excluding hydrogens is 288 g/mol. The summed E-state index contributed by atoms with van der Waals surface area (Å²) in [5, 5.41) is 10.7. The van der Waals surface area contributed by atoms with Gasteiger partial charge < -0.3 is 5.11 Å². The van der Waals surface area contributed by atoms with Crippen LogP contribution in [0.2, 0.25) is 0 Å². The molecule has 3 aliphatic rings. The van der Waals surface area contributed by atoms with Gasteiger partial charge in [-0.25, -0.2) is 0 Å². The van der Waals surface area contributed by atoms with Gasteiger partial charge >= 0.3 is 0 Å². The topological polar surface area (TPSA) is 54.4 Å². The third-order valence-corrected chi connectivity index (χ3v) is 6.54. The van der Waals surface area contributed by atoms with Gasteiger partial charge in [0.1, 0.15) is 0 Å². The van der Waals surface area contributed by atoms with Crippen LogP contribution in [0, 0.1) is 22.7 Å². The van der Waals surface area contributed by atoms with Crippen LogP contribution in [-0.4, -0.2) is 22.8 Å². The van der Waals surface area contributed by atoms with Gasteiger partial charge in [-0.1, -0.05) is 41.0 Å². The Kier molecular flexibility index (Phi) is 3.72. The lowest BCUT2D eigenvalue weighted by Crippen LogP contribution is -2.52. The second kappa shape index (κ2) is 5.14. The van der Waals surface area contributed by atoms with E-state index in [0.29, 0.717) is 17.6 Å². The summed E-state index contributed by atoms with van der Waals surface area (Å²) in [5.74, 6) is -0.490. The Morgan fingerprint density at radius 1 is 1.13 bits per heavy atom. The van der Waals surface area contributed by atoms with Crippen molar-refractivity contribution in [2.75, 3.05) is 0 Å². The van der Waals surface area contributed by atoms with Crippen molar-refractivity contribution >= 4 is 11.6 Å². The molecule has 1 N–H and O–H groups in total. The summed E-state index contributed by atoms with van der Waals surface area (Å²) >= 11 is 0. The van der Waals surface area contributed by atoms with Crippen LogP contribution in [0.25, 0.3) is 0 Å². The number of ketones is 2. The normalized spacial score (nSPS) is 36.7. The van der Waals surface area contributed by atoms with E-state index in [9.17, 15) is 14.7 Å². The van der Waals surface area contributed by atoms with Crippen LogP contribution in [-0.2, 0) is 9.59 Å². The molecule has 126 valence electrons. The summed E-state index contributed by atoms with van der Waals surface area (Å²) < 4.78 is 0. The second-order valence-electron chi connectivity index (χ2n) is 8.81. The van der Waals surface area contributed by atoms with Crippen molar-refractivity contribution in [3.8, 4) is 0 Å². The van der Waals surface area contributed by atoms with Crippen molar-refractivity contribution in [3.63, 3.8) is 0 Å². The van der Waals surface area contributed by atoms with E-state index < -0.39 is 6.10 Å². The van der Waals surface area contributed by atoms with Gasteiger partial charge in [-0.2, -0.15) is 0 Å². The summed E-state index contributed by atoms with van der Waals surface area (Å²) in [6.07, 6.45) is 4.97. The fourth-order valence-electron chi connectivity index (χ4n) is 5.31. The first-order valence-corrected chi connectivity index (χ1v) is 8.83. The average molecular weight is 316 g/mol. The summed E-state index contributed by atoms with van der Waals surface area (Å²) in [4.78, 5) is 25.5. The number of hydrogen-bond donors (Lipinski definition) is 1. The van der Waals surface area contributed by atoms with Crippen LogP contribution in [0.1, 0.15) is 60.3 Å². The highest BCUT2D eigenvalue weighted by molar-refractivity contribution is 6.50. The van der Waals surface area contributed by atoms with Gasteiger partial charge in [0.05, 0.1) is 6.10 Å². The first kappa shape index (κ1) is 16.6. The summed E-state index contributed by atoms with van der Waals surface area (Å²) in [7, 11) is 0. The van der Waals surface area contributed by atoms with Gasteiger partial charge in [0, 0.05) is 16.6 Å². The number of carbonyl (C=O) groups is 2. The third-order valence-electron chi connectivity index (χ3n) is 6.54. The predicted molar refractivity (Wildman–Crippen MR) is 89.8 cm³/mol. The lowest BCUT2D eigenvalue weighted by molar-refractivity contribution is -0.135. The highest BCUT2D eigenvalue weighted by Crippen LogP contribution is 2.60. The molecule has 0 saturated heterocycles. The van der Waals surface area contributed by atoms with Crippen molar-refractivity contribution in [2.45, 2.75) is 66.4 Å². The molecule has 0 aromatic carbocycles. The molecule has 1 fully saturated rings. The third kappa shape index (κ3) is 2.27. The van der Waals surface area contributed by atoms with E-state index in [-0.39, 0.29) is 34.2 Å². The quantitative estimate of drug-likeness (QED) is 0.594. The van der Waals surface area contributed by atoms with Crippen LogP contribution < -0.4 is 0 Å². The predicted octanol–water partition coefficient (Wildman–Crippen LogP) is 3.61. The SMILES string of the molecule is CC(C)C1=CC2=C(C(=O)C1=O)C1(C)CCCC(C)(C)C1CC2O. The molecule has 3 nitrogen and oxygen atoms in total. The van der Waals surface area contributed by atoms with E-state index >= 15 is 0 Å². The minimum atomic E-state index is -0.633. The van der Waals surface area contributed by atoms with Crippen molar-refractivity contribution < 1.29 is 14.7 Å². The Labute approximate surface area is 138 Å². The molecular formula is C20H28O3. The van der Waals surface area contributed by atoms with Gasteiger partial charge in [-0.3, -0.25) is 9.59 Å². The minimum Gasteiger partial charge on any atom is -0.388 e. The van der Waals surface area contributed by atoms with E-state index in [1.165, 1.54) is 0 Å². The molecule has 3 unspecified atom stereocenters. The van der Waals surface area contributed by atoms with E-state index in [2.05, 4.69) is 20.8 Å². The Morgan fingerprint density at radius 3 is 2.39 bits per heavy atom. The van der Waals surface area contributed by atoms with Crippen molar-refractivity contribution in [1.82, 2.24) is 0 Å². The molecule has 0 aromatic heterocycles. The van der Waals surface area contributed by atoms with Crippen molar-refractivity contribution in [1.29, 1.82) is 0 Å². The van der Waals surface area contributed by atoms with Crippen LogP contribution in [0.3, 0.4) is 0 Å². The molecule has 1 saturated carbocycles. The molecule has 3 aliphatic carbocycles. The zero-order valence-corrected chi connectivity index (χ0v) is 14.9. The molecule has 0 spiro atoms. The maximum absolute atomic E-state index is 12.9. The molecule has 3 rings (SSSR count). The number of aliphatic hydroxyl groups excluding tert-OH is 1. The molecule has 0 radical (unpaired) electrons. The van der Waals surface area contributed by atoms with Crippen LogP contribution in [0.4, 0.5) is 0 Å². The molecule has 0 aliphatic heterocycles. The maximum atomic E-state index is 12.9. The highest BCUT2D eigenvalue weighted by atomic mass is 16.3. The highest BCUT2D eigenvalue weighted by Gasteiger charge is 2.55. The number of carbonyl (C=O) groups excluding carboxylic acids is 2. The fourth-order valence-corrected chi connectivity index (χ4v) is 5.31. The lowest BCUT2D eigenvalue weighted by atomic mass is 9.48. The Bertz CT molecular complexity index is 635. The van der Waals surface area contributed by atoms with Gasteiger partial charge in [0.15, 0.2) is 0 Å². The number of rotatable bonds is 1. The Hall–Kier alpha value is -1.22. The summed E-state index contributed by atoms with van der Waals surface area (Å²) in [5.41, 5.74) is 1.67. The molecule has 0 heterocycles. The molecule has 3 atom stereocenters. The van der Waals surface area contributed by atoms with E-state index in [1.807, 2.05) is 19.9 Å². The van der Waals surface area contributed by atoms with E-state index in [0.717, 1.165) is 24.8 Å². The fraction of sp³-hybridized carbons (Fsp3) is 0.700. The largest absolute Gasteiger partial charge is 0.388 e. The van der Waals surface area contributed by atoms with Gasteiger partial charge in [-0.15, -0.1) is 0 Å². The van der Waals surface area contributed by atoms with Crippen molar-refractivity contribution in [2.24, 2.45) is 22.7 Å². The Balaban J connectivity index is 2.20. The first-order valence-electron chi connectivity index (χ1n) is 8.83. The molecule has 0 bridgehead atoms. The summed E-state index contributed by atoms with van der Waals surface area (Å²) in [6.45, 7) is 10.5. The monoisotopic (exact) mass is 316 g/mol. The first-order chi connectivity index (χ1) is 10.6. The molecule has 0 amide bonds.